The number of hydrogen-bond donors (Lipinski definition) is 1. The largest absolute Gasteiger partial charge is 0.463 e. The van der Waals surface area contributed by atoms with Crippen molar-refractivity contribution in [1.29, 1.82) is 0 Å². The highest BCUT2D eigenvalue weighted by molar-refractivity contribution is 7.92. The SMILES string of the molecule is Cc1cccc(N(CC(=O)N/N=C\c2ccco2)S(=O)(=O)c2ccccc2)c1. The number of rotatable bonds is 7. The van der Waals surface area contributed by atoms with E-state index in [1.165, 1.54) is 24.6 Å². The molecule has 0 aliphatic heterocycles. The predicted molar refractivity (Wildman–Crippen MR) is 107 cm³/mol. The minimum absolute atomic E-state index is 0.100. The molecule has 8 heteroatoms. The highest BCUT2D eigenvalue weighted by atomic mass is 32.2. The Morgan fingerprint density at radius 2 is 1.89 bits per heavy atom. The maximum Gasteiger partial charge on any atom is 0.264 e. The number of sulfonamides is 1. The molecule has 1 aromatic heterocycles. The second-order valence-corrected chi connectivity index (χ2v) is 7.83. The van der Waals surface area contributed by atoms with Gasteiger partial charge in [0, 0.05) is 0 Å². The number of carbonyl (C=O) groups excluding carboxylic acids is 1. The molecule has 0 unspecified atom stereocenters. The van der Waals surface area contributed by atoms with Crippen molar-refractivity contribution in [2.24, 2.45) is 5.10 Å². The van der Waals surface area contributed by atoms with Crippen LogP contribution in [0, 0.1) is 6.92 Å². The minimum Gasteiger partial charge on any atom is -0.463 e. The van der Waals surface area contributed by atoms with Gasteiger partial charge in [-0.2, -0.15) is 5.10 Å². The van der Waals surface area contributed by atoms with E-state index in [4.69, 9.17) is 4.42 Å². The van der Waals surface area contributed by atoms with E-state index < -0.39 is 22.5 Å². The average Bonchev–Trinajstić information content (AvgIpc) is 3.20. The Morgan fingerprint density at radius 1 is 1.11 bits per heavy atom. The van der Waals surface area contributed by atoms with Crippen molar-refractivity contribution >= 4 is 27.8 Å². The van der Waals surface area contributed by atoms with Crippen molar-refractivity contribution in [3.05, 3.63) is 84.3 Å². The summed E-state index contributed by atoms with van der Waals surface area (Å²) in [5.41, 5.74) is 3.60. The molecule has 3 rings (SSSR count). The second-order valence-electron chi connectivity index (χ2n) is 5.97. The third-order valence-corrected chi connectivity index (χ3v) is 5.62. The summed E-state index contributed by atoms with van der Waals surface area (Å²) >= 11 is 0. The van der Waals surface area contributed by atoms with Gasteiger partial charge in [-0.1, -0.05) is 30.3 Å². The molecule has 1 amide bonds. The maximum atomic E-state index is 13.1. The fourth-order valence-corrected chi connectivity index (χ4v) is 3.95. The molecule has 0 fully saturated rings. The number of anilines is 1. The molecule has 0 aliphatic carbocycles. The fourth-order valence-electron chi connectivity index (χ4n) is 2.52. The van der Waals surface area contributed by atoms with Crippen LogP contribution in [0.3, 0.4) is 0 Å². The summed E-state index contributed by atoms with van der Waals surface area (Å²) in [6.45, 7) is 1.43. The summed E-state index contributed by atoms with van der Waals surface area (Å²) in [7, 11) is -3.93. The Morgan fingerprint density at radius 3 is 2.57 bits per heavy atom. The lowest BCUT2D eigenvalue weighted by Gasteiger charge is -2.24. The Labute approximate surface area is 163 Å². The van der Waals surface area contributed by atoms with Crippen LogP contribution in [0.25, 0.3) is 0 Å². The summed E-state index contributed by atoms with van der Waals surface area (Å²) in [6.07, 6.45) is 2.82. The third-order valence-electron chi connectivity index (χ3n) is 3.83. The molecule has 0 spiro atoms. The molecule has 144 valence electrons. The Kier molecular flexibility index (Phi) is 5.90. The zero-order valence-corrected chi connectivity index (χ0v) is 16.0. The van der Waals surface area contributed by atoms with Crippen LogP contribution in [0.4, 0.5) is 5.69 Å². The van der Waals surface area contributed by atoms with Crippen LogP contribution >= 0.6 is 0 Å². The van der Waals surface area contributed by atoms with Crippen LogP contribution in [0.5, 0.6) is 0 Å². The van der Waals surface area contributed by atoms with E-state index in [1.54, 1.807) is 48.5 Å². The summed E-state index contributed by atoms with van der Waals surface area (Å²) < 4.78 is 32.4. The van der Waals surface area contributed by atoms with E-state index >= 15 is 0 Å². The number of hydrazone groups is 1. The number of amides is 1. The quantitative estimate of drug-likeness (QED) is 0.490. The monoisotopic (exact) mass is 397 g/mol. The number of nitrogens with zero attached hydrogens (tertiary/aromatic N) is 2. The molecule has 1 N–H and O–H groups in total. The second kappa shape index (κ2) is 8.53. The average molecular weight is 397 g/mol. The highest BCUT2D eigenvalue weighted by Gasteiger charge is 2.27. The van der Waals surface area contributed by atoms with E-state index in [0.29, 0.717) is 11.4 Å². The van der Waals surface area contributed by atoms with Crippen molar-refractivity contribution in [2.75, 3.05) is 10.8 Å². The Hall–Kier alpha value is -3.39. The van der Waals surface area contributed by atoms with Gasteiger partial charge < -0.3 is 4.42 Å². The van der Waals surface area contributed by atoms with Gasteiger partial charge in [0.15, 0.2) is 0 Å². The Bertz CT molecular complexity index is 1060. The zero-order valence-electron chi connectivity index (χ0n) is 15.1. The van der Waals surface area contributed by atoms with Gasteiger partial charge in [0.1, 0.15) is 12.3 Å². The first-order valence-electron chi connectivity index (χ1n) is 8.47. The summed E-state index contributed by atoms with van der Waals surface area (Å²) in [5.74, 6) is -0.114. The maximum absolute atomic E-state index is 13.1. The molecule has 0 saturated heterocycles. The molecule has 0 bridgehead atoms. The number of benzene rings is 2. The first-order valence-corrected chi connectivity index (χ1v) is 9.91. The molecule has 0 aliphatic rings. The van der Waals surface area contributed by atoms with Gasteiger partial charge in [-0.05, 0) is 48.9 Å². The standard InChI is InChI=1S/C20H19N3O4S/c1-16-7-5-8-17(13-16)23(28(25,26)19-10-3-2-4-11-19)15-20(24)22-21-14-18-9-6-12-27-18/h2-14H,15H2,1H3,(H,22,24)/b21-14-. The summed E-state index contributed by atoms with van der Waals surface area (Å²) in [4.78, 5) is 12.5. The van der Waals surface area contributed by atoms with Crippen molar-refractivity contribution in [1.82, 2.24) is 5.43 Å². The minimum atomic E-state index is -3.93. The smallest absolute Gasteiger partial charge is 0.264 e. The van der Waals surface area contributed by atoms with Gasteiger partial charge in [0.05, 0.1) is 23.1 Å². The third kappa shape index (κ3) is 4.66. The summed E-state index contributed by atoms with van der Waals surface area (Å²) in [5, 5.41) is 3.79. The van der Waals surface area contributed by atoms with Crippen molar-refractivity contribution in [3.8, 4) is 0 Å². The van der Waals surface area contributed by atoms with Gasteiger partial charge in [-0.15, -0.1) is 0 Å². The molecule has 2 aromatic carbocycles. The summed E-state index contributed by atoms with van der Waals surface area (Å²) in [6, 6.07) is 18.3. The van der Waals surface area contributed by atoms with Crippen LogP contribution in [-0.2, 0) is 14.8 Å². The number of aryl methyl sites for hydroxylation is 1. The van der Waals surface area contributed by atoms with E-state index in [0.717, 1.165) is 9.87 Å². The van der Waals surface area contributed by atoms with E-state index in [-0.39, 0.29) is 4.90 Å². The van der Waals surface area contributed by atoms with Crippen molar-refractivity contribution in [2.45, 2.75) is 11.8 Å². The van der Waals surface area contributed by atoms with Crippen LogP contribution in [0.1, 0.15) is 11.3 Å². The zero-order chi connectivity index (χ0) is 20.0. The molecule has 28 heavy (non-hydrogen) atoms. The molecule has 0 atom stereocenters. The first-order chi connectivity index (χ1) is 13.5. The molecule has 0 saturated carbocycles. The van der Waals surface area contributed by atoms with Gasteiger partial charge >= 0.3 is 0 Å². The number of hydrogen-bond acceptors (Lipinski definition) is 5. The van der Waals surface area contributed by atoms with Gasteiger partial charge in [-0.25, -0.2) is 13.8 Å². The van der Waals surface area contributed by atoms with Gasteiger partial charge in [-0.3, -0.25) is 9.10 Å². The van der Waals surface area contributed by atoms with Crippen LogP contribution in [0.2, 0.25) is 0 Å². The van der Waals surface area contributed by atoms with Crippen LogP contribution in [-0.4, -0.2) is 27.1 Å². The number of carbonyl (C=O) groups is 1. The van der Waals surface area contributed by atoms with Crippen LogP contribution < -0.4 is 9.73 Å². The molecular formula is C20H19N3O4S. The van der Waals surface area contributed by atoms with E-state index in [2.05, 4.69) is 10.5 Å². The number of nitrogens with one attached hydrogen (secondary N) is 1. The predicted octanol–water partition coefficient (Wildman–Crippen LogP) is 2.93. The lowest BCUT2D eigenvalue weighted by atomic mass is 10.2. The lowest BCUT2D eigenvalue weighted by molar-refractivity contribution is -0.119. The Balaban J connectivity index is 1.85. The van der Waals surface area contributed by atoms with Crippen molar-refractivity contribution in [3.63, 3.8) is 0 Å². The topological polar surface area (TPSA) is 92.0 Å². The first kappa shape index (κ1) is 19.4. The van der Waals surface area contributed by atoms with E-state index in [1.807, 2.05) is 13.0 Å². The van der Waals surface area contributed by atoms with Crippen LogP contribution in [0.15, 0.2) is 87.4 Å². The lowest BCUT2D eigenvalue weighted by Crippen LogP contribution is -2.39. The van der Waals surface area contributed by atoms with Crippen molar-refractivity contribution < 1.29 is 17.6 Å². The fraction of sp³-hybridized carbons (Fsp3) is 0.100. The van der Waals surface area contributed by atoms with Gasteiger partial charge in [0.25, 0.3) is 15.9 Å². The van der Waals surface area contributed by atoms with Gasteiger partial charge in [0.2, 0.25) is 0 Å². The highest BCUT2D eigenvalue weighted by Crippen LogP contribution is 2.24. The molecule has 3 aromatic rings. The molecule has 1 heterocycles. The molecule has 0 radical (unpaired) electrons. The molecular weight excluding hydrogens is 378 g/mol. The van der Waals surface area contributed by atoms with E-state index in [9.17, 15) is 13.2 Å². The molecule has 7 nitrogen and oxygen atoms in total. The number of furan rings is 1. The normalized spacial score (nSPS) is 11.5.